The maximum atomic E-state index is 13.0. The Hall–Kier alpha value is -3.60. The Balaban J connectivity index is 1.74. The number of benzene rings is 1. The summed E-state index contributed by atoms with van der Waals surface area (Å²) >= 11 is 0. The number of hydrogen-bond acceptors (Lipinski definition) is 6. The molecule has 0 saturated heterocycles. The standard InChI is InChI=1S/C21H19F3N4O4/c22-21(23,24)32-14-8-6-13(7-9-14)28-19(30)16-4-1-3-15(16)18(26-28)25-17-5-2-10-27(11-12-29)20(17)31/h2,5-10,29H,1,3-4,11-12H2,(H,25,26). The van der Waals surface area contributed by atoms with Gasteiger partial charge in [0.25, 0.3) is 11.1 Å². The van der Waals surface area contributed by atoms with Crippen LogP contribution in [0, 0.1) is 0 Å². The quantitative estimate of drug-likeness (QED) is 0.602. The van der Waals surface area contributed by atoms with E-state index in [4.69, 9.17) is 5.11 Å². The van der Waals surface area contributed by atoms with Crippen LogP contribution < -0.4 is 21.2 Å². The molecular weight excluding hydrogens is 429 g/mol. The predicted molar refractivity (Wildman–Crippen MR) is 110 cm³/mol. The summed E-state index contributed by atoms with van der Waals surface area (Å²) in [6, 6.07) is 8.02. The second kappa shape index (κ2) is 8.50. The van der Waals surface area contributed by atoms with Gasteiger partial charge in [0.05, 0.1) is 12.3 Å². The zero-order chi connectivity index (χ0) is 22.9. The molecule has 0 amide bonds. The van der Waals surface area contributed by atoms with Crippen molar-refractivity contribution in [1.82, 2.24) is 14.3 Å². The second-order valence-corrected chi connectivity index (χ2v) is 7.19. The van der Waals surface area contributed by atoms with E-state index in [-0.39, 0.29) is 35.6 Å². The highest BCUT2D eigenvalue weighted by atomic mass is 19.4. The summed E-state index contributed by atoms with van der Waals surface area (Å²) in [6.07, 6.45) is -1.39. The van der Waals surface area contributed by atoms with Crippen LogP contribution in [-0.2, 0) is 19.4 Å². The number of alkyl halides is 3. The maximum Gasteiger partial charge on any atom is 0.573 e. The summed E-state index contributed by atoms with van der Waals surface area (Å²) in [5.41, 5.74) is 1.01. The number of aliphatic hydroxyl groups is 1. The molecule has 1 aliphatic rings. The molecule has 1 aliphatic carbocycles. The van der Waals surface area contributed by atoms with Gasteiger partial charge in [0, 0.05) is 23.9 Å². The van der Waals surface area contributed by atoms with Gasteiger partial charge in [-0.3, -0.25) is 9.59 Å². The van der Waals surface area contributed by atoms with Crippen molar-refractivity contribution in [2.75, 3.05) is 11.9 Å². The SMILES string of the molecule is O=c1c(Nc2nn(-c3ccc(OC(F)(F)F)cc3)c(=O)c3c2CCC3)cccn1CCO. The molecule has 0 radical (unpaired) electrons. The van der Waals surface area contributed by atoms with E-state index in [9.17, 15) is 22.8 Å². The molecule has 0 atom stereocenters. The van der Waals surface area contributed by atoms with Gasteiger partial charge in [-0.05, 0) is 55.7 Å². The van der Waals surface area contributed by atoms with Crippen LogP contribution >= 0.6 is 0 Å². The summed E-state index contributed by atoms with van der Waals surface area (Å²) in [5.74, 6) is -0.0888. The molecule has 2 N–H and O–H groups in total. The third kappa shape index (κ3) is 4.37. The molecular formula is C21H19F3N4O4. The van der Waals surface area contributed by atoms with Crippen LogP contribution in [-0.4, -0.2) is 32.4 Å². The number of fused-ring (bicyclic) bond motifs is 1. The van der Waals surface area contributed by atoms with Crippen molar-refractivity contribution in [3.8, 4) is 11.4 Å². The van der Waals surface area contributed by atoms with Gasteiger partial charge in [-0.15, -0.1) is 18.3 Å². The summed E-state index contributed by atoms with van der Waals surface area (Å²) in [6.45, 7) is -0.0678. The minimum atomic E-state index is -4.82. The zero-order valence-electron chi connectivity index (χ0n) is 16.7. The fraction of sp³-hybridized carbons (Fsp3) is 0.286. The van der Waals surface area contributed by atoms with E-state index >= 15 is 0 Å². The van der Waals surface area contributed by atoms with E-state index in [0.717, 1.165) is 23.2 Å². The van der Waals surface area contributed by atoms with Crippen molar-refractivity contribution in [2.24, 2.45) is 0 Å². The van der Waals surface area contributed by atoms with Crippen molar-refractivity contribution >= 4 is 11.5 Å². The fourth-order valence-electron chi connectivity index (χ4n) is 3.68. The molecule has 0 aliphatic heterocycles. The lowest BCUT2D eigenvalue weighted by Crippen LogP contribution is -2.28. The molecule has 0 unspecified atom stereocenters. The molecule has 2 aromatic heterocycles. The monoisotopic (exact) mass is 448 g/mol. The normalized spacial score (nSPS) is 13.1. The zero-order valence-corrected chi connectivity index (χ0v) is 16.7. The summed E-state index contributed by atoms with van der Waals surface area (Å²) in [5, 5.41) is 16.5. The Bertz CT molecular complexity index is 1250. The third-order valence-corrected chi connectivity index (χ3v) is 5.08. The van der Waals surface area contributed by atoms with Crippen LogP contribution in [0.1, 0.15) is 17.5 Å². The third-order valence-electron chi connectivity index (χ3n) is 5.08. The molecule has 0 fully saturated rings. The number of hydrogen-bond donors (Lipinski definition) is 2. The average Bonchev–Trinajstić information content (AvgIpc) is 3.23. The van der Waals surface area contributed by atoms with Crippen LogP contribution in [0.2, 0.25) is 0 Å². The number of nitrogens with zero attached hydrogens (tertiary/aromatic N) is 3. The number of halogens is 3. The van der Waals surface area contributed by atoms with E-state index in [2.05, 4.69) is 15.2 Å². The van der Waals surface area contributed by atoms with E-state index in [0.29, 0.717) is 29.8 Å². The Kier molecular flexibility index (Phi) is 5.74. The first kappa shape index (κ1) is 21.6. The molecule has 4 rings (SSSR count). The summed E-state index contributed by atoms with van der Waals surface area (Å²) in [4.78, 5) is 25.6. The molecule has 1 aromatic carbocycles. The number of rotatable bonds is 6. The van der Waals surface area contributed by atoms with Crippen LogP contribution in [0.3, 0.4) is 0 Å². The second-order valence-electron chi connectivity index (χ2n) is 7.19. The number of ether oxygens (including phenoxy) is 1. The van der Waals surface area contributed by atoms with Crippen LogP contribution in [0.4, 0.5) is 24.7 Å². The number of anilines is 2. The summed E-state index contributed by atoms with van der Waals surface area (Å²) < 4.78 is 43.5. The number of nitrogens with one attached hydrogen (secondary N) is 1. The van der Waals surface area contributed by atoms with Crippen molar-refractivity contribution < 1.29 is 23.0 Å². The first-order valence-corrected chi connectivity index (χ1v) is 9.85. The predicted octanol–water partition coefficient (Wildman–Crippen LogP) is 2.52. The van der Waals surface area contributed by atoms with Gasteiger partial charge in [-0.1, -0.05) is 0 Å². The smallest absolute Gasteiger partial charge is 0.406 e. The van der Waals surface area contributed by atoms with Crippen molar-refractivity contribution in [3.63, 3.8) is 0 Å². The van der Waals surface area contributed by atoms with Gasteiger partial charge >= 0.3 is 6.36 Å². The summed E-state index contributed by atoms with van der Waals surface area (Å²) in [7, 11) is 0. The molecule has 3 aromatic rings. The highest BCUT2D eigenvalue weighted by Crippen LogP contribution is 2.28. The largest absolute Gasteiger partial charge is 0.573 e. The van der Waals surface area contributed by atoms with E-state index in [1.165, 1.54) is 16.7 Å². The minimum Gasteiger partial charge on any atom is -0.406 e. The molecule has 11 heteroatoms. The topological polar surface area (TPSA) is 98.4 Å². The molecule has 2 heterocycles. The first-order valence-electron chi connectivity index (χ1n) is 9.85. The van der Waals surface area contributed by atoms with Crippen molar-refractivity contribution in [1.29, 1.82) is 0 Å². The van der Waals surface area contributed by atoms with Gasteiger partial charge < -0.3 is 19.7 Å². The van der Waals surface area contributed by atoms with Gasteiger partial charge in [-0.25, -0.2) is 0 Å². The highest BCUT2D eigenvalue weighted by Gasteiger charge is 2.31. The van der Waals surface area contributed by atoms with Crippen molar-refractivity contribution in [3.05, 3.63) is 74.4 Å². The van der Waals surface area contributed by atoms with Crippen LogP contribution in [0.25, 0.3) is 5.69 Å². The van der Waals surface area contributed by atoms with E-state index in [1.54, 1.807) is 18.3 Å². The molecule has 0 bridgehead atoms. The lowest BCUT2D eigenvalue weighted by molar-refractivity contribution is -0.274. The Labute approximate surface area is 179 Å². The Morgan fingerprint density at radius 3 is 2.47 bits per heavy atom. The highest BCUT2D eigenvalue weighted by molar-refractivity contribution is 5.61. The van der Waals surface area contributed by atoms with Crippen molar-refractivity contribution in [2.45, 2.75) is 32.2 Å². The molecule has 32 heavy (non-hydrogen) atoms. The van der Waals surface area contributed by atoms with Gasteiger partial charge in [0.1, 0.15) is 11.4 Å². The fourth-order valence-corrected chi connectivity index (χ4v) is 3.68. The van der Waals surface area contributed by atoms with Gasteiger partial charge in [0.15, 0.2) is 5.82 Å². The lowest BCUT2D eigenvalue weighted by atomic mass is 10.2. The van der Waals surface area contributed by atoms with Crippen LogP contribution in [0.15, 0.2) is 52.2 Å². The number of aliphatic hydroxyl groups excluding tert-OH is 1. The minimum absolute atomic E-state index is 0.131. The average molecular weight is 448 g/mol. The van der Waals surface area contributed by atoms with Crippen LogP contribution in [0.5, 0.6) is 5.75 Å². The molecule has 168 valence electrons. The number of pyridine rings is 1. The van der Waals surface area contributed by atoms with Gasteiger partial charge in [-0.2, -0.15) is 4.68 Å². The molecule has 0 saturated carbocycles. The number of aromatic nitrogens is 3. The Morgan fingerprint density at radius 2 is 1.78 bits per heavy atom. The first-order chi connectivity index (χ1) is 15.3. The maximum absolute atomic E-state index is 13.0. The van der Waals surface area contributed by atoms with Gasteiger partial charge in [0.2, 0.25) is 0 Å². The van der Waals surface area contributed by atoms with E-state index in [1.807, 2.05) is 0 Å². The molecule has 0 spiro atoms. The lowest BCUT2D eigenvalue weighted by Gasteiger charge is -2.15. The van der Waals surface area contributed by atoms with E-state index < -0.39 is 12.1 Å². The molecule has 8 nitrogen and oxygen atoms in total. The Morgan fingerprint density at radius 1 is 1.06 bits per heavy atom.